The van der Waals surface area contributed by atoms with Gasteiger partial charge in [-0.05, 0) is 24.8 Å². The Morgan fingerprint density at radius 2 is 1.94 bits per heavy atom. The molecule has 2 heterocycles. The summed E-state index contributed by atoms with van der Waals surface area (Å²) in [6, 6.07) is 0.845. The molecule has 1 aliphatic heterocycles. The summed E-state index contributed by atoms with van der Waals surface area (Å²) in [5, 5.41) is 0. The molecule has 18 heavy (non-hydrogen) atoms. The second-order valence-corrected chi connectivity index (χ2v) is 4.32. The van der Waals surface area contributed by atoms with Crippen molar-refractivity contribution in [2.24, 2.45) is 5.92 Å². The van der Waals surface area contributed by atoms with Gasteiger partial charge in [0, 0.05) is 19.3 Å². The summed E-state index contributed by atoms with van der Waals surface area (Å²) >= 11 is 0. The molecule has 1 aromatic heterocycles. The molecule has 7 heteroatoms. The minimum absolute atomic E-state index is 0.00653. The van der Waals surface area contributed by atoms with Crippen molar-refractivity contribution in [2.45, 2.75) is 19.0 Å². The zero-order valence-corrected chi connectivity index (χ0v) is 9.62. The Labute approximate surface area is 102 Å². The molecular formula is C11H13F4N3. The first kappa shape index (κ1) is 13.0. The van der Waals surface area contributed by atoms with Gasteiger partial charge in [0.2, 0.25) is 5.95 Å². The van der Waals surface area contributed by atoms with Gasteiger partial charge in [-0.3, -0.25) is 4.39 Å². The number of halogens is 4. The summed E-state index contributed by atoms with van der Waals surface area (Å²) < 4.78 is 49.9. The molecule has 0 aliphatic carbocycles. The third kappa shape index (κ3) is 2.88. The normalized spacial score (nSPS) is 18.1. The molecule has 1 aromatic rings. The summed E-state index contributed by atoms with van der Waals surface area (Å²) in [5.41, 5.74) is -0.944. The Hall–Kier alpha value is -1.40. The lowest BCUT2D eigenvalue weighted by Gasteiger charge is -2.30. The Morgan fingerprint density at radius 1 is 1.28 bits per heavy atom. The molecule has 1 fully saturated rings. The third-order valence-electron chi connectivity index (χ3n) is 3.05. The number of aromatic nitrogens is 2. The van der Waals surface area contributed by atoms with E-state index in [9.17, 15) is 17.6 Å². The number of hydrogen-bond donors (Lipinski definition) is 0. The SMILES string of the molecule is FCC1CCN(c2nccc(C(F)(F)F)n2)CC1. The van der Waals surface area contributed by atoms with Crippen molar-refractivity contribution in [3.63, 3.8) is 0 Å². The number of anilines is 1. The molecule has 100 valence electrons. The van der Waals surface area contributed by atoms with E-state index in [1.807, 2.05) is 0 Å². The van der Waals surface area contributed by atoms with Crippen LogP contribution >= 0.6 is 0 Å². The van der Waals surface area contributed by atoms with Gasteiger partial charge < -0.3 is 4.90 Å². The Bertz CT molecular complexity index is 400. The predicted molar refractivity (Wildman–Crippen MR) is 57.9 cm³/mol. The van der Waals surface area contributed by atoms with Crippen LogP contribution in [-0.4, -0.2) is 29.7 Å². The number of piperidine rings is 1. The van der Waals surface area contributed by atoms with Crippen LogP contribution in [0.2, 0.25) is 0 Å². The smallest absolute Gasteiger partial charge is 0.341 e. The van der Waals surface area contributed by atoms with E-state index < -0.39 is 11.9 Å². The minimum Gasteiger partial charge on any atom is -0.341 e. The van der Waals surface area contributed by atoms with Crippen LogP contribution in [0, 0.1) is 5.92 Å². The van der Waals surface area contributed by atoms with Gasteiger partial charge in [-0.1, -0.05) is 0 Å². The Morgan fingerprint density at radius 3 is 2.50 bits per heavy atom. The van der Waals surface area contributed by atoms with Crippen LogP contribution in [-0.2, 0) is 6.18 Å². The van der Waals surface area contributed by atoms with Gasteiger partial charge in [0.1, 0.15) is 5.69 Å². The van der Waals surface area contributed by atoms with Crippen molar-refractivity contribution in [1.29, 1.82) is 0 Å². The van der Waals surface area contributed by atoms with E-state index in [2.05, 4.69) is 9.97 Å². The van der Waals surface area contributed by atoms with Crippen molar-refractivity contribution in [2.75, 3.05) is 24.7 Å². The van der Waals surface area contributed by atoms with Gasteiger partial charge in [0.15, 0.2) is 0 Å². The number of hydrogen-bond acceptors (Lipinski definition) is 3. The molecule has 0 unspecified atom stereocenters. The Kier molecular flexibility index (Phi) is 3.68. The number of nitrogens with zero attached hydrogens (tertiary/aromatic N) is 3. The molecule has 0 spiro atoms. The van der Waals surface area contributed by atoms with E-state index in [4.69, 9.17) is 0 Å². The van der Waals surface area contributed by atoms with Crippen LogP contribution in [0.15, 0.2) is 12.3 Å². The van der Waals surface area contributed by atoms with E-state index >= 15 is 0 Å². The van der Waals surface area contributed by atoms with Gasteiger partial charge in [-0.2, -0.15) is 13.2 Å². The summed E-state index contributed by atoms with van der Waals surface area (Å²) in [5.74, 6) is 0.0779. The lowest BCUT2D eigenvalue weighted by Crippen LogP contribution is -2.35. The molecule has 0 saturated carbocycles. The first-order valence-electron chi connectivity index (χ1n) is 5.72. The quantitative estimate of drug-likeness (QED) is 0.768. The molecular weight excluding hydrogens is 250 g/mol. The van der Waals surface area contributed by atoms with Crippen molar-refractivity contribution in [1.82, 2.24) is 9.97 Å². The van der Waals surface area contributed by atoms with Crippen molar-refractivity contribution in [3.05, 3.63) is 18.0 Å². The number of rotatable bonds is 2. The Balaban J connectivity index is 2.10. The maximum atomic E-state index is 12.5. The second kappa shape index (κ2) is 5.07. The van der Waals surface area contributed by atoms with Crippen LogP contribution in [0.4, 0.5) is 23.5 Å². The highest BCUT2D eigenvalue weighted by atomic mass is 19.4. The second-order valence-electron chi connectivity index (χ2n) is 4.32. The van der Waals surface area contributed by atoms with Crippen LogP contribution in [0.3, 0.4) is 0 Å². The minimum atomic E-state index is -4.46. The highest BCUT2D eigenvalue weighted by molar-refractivity contribution is 5.31. The highest BCUT2D eigenvalue weighted by Gasteiger charge is 2.33. The van der Waals surface area contributed by atoms with Crippen molar-refractivity contribution in [3.8, 4) is 0 Å². The average Bonchev–Trinajstić information content (AvgIpc) is 2.38. The molecule has 0 radical (unpaired) electrons. The van der Waals surface area contributed by atoms with Crippen molar-refractivity contribution < 1.29 is 17.6 Å². The zero-order valence-electron chi connectivity index (χ0n) is 9.62. The van der Waals surface area contributed by atoms with Crippen LogP contribution in [0.25, 0.3) is 0 Å². The predicted octanol–water partition coefficient (Wildman–Crippen LogP) is 2.68. The van der Waals surface area contributed by atoms with Gasteiger partial charge in [-0.25, -0.2) is 9.97 Å². The van der Waals surface area contributed by atoms with Gasteiger partial charge in [-0.15, -0.1) is 0 Å². The van der Waals surface area contributed by atoms with Gasteiger partial charge >= 0.3 is 6.18 Å². The molecule has 3 nitrogen and oxygen atoms in total. The van der Waals surface area contributed by atoms with Crippen LogP contribution in [0.5, 0.6) is 0 Å². The van der Waals surface area contributed by atoms with E-state index in [0.717, 1.165) is 12.3 Å². The van der Waals surface area contributed by atoms with E-state index in [1.54, 1.807) is 4.90 Å². The molecule has 1 saturated heterocycles. The maximum absolute atomic E-state index is 12.5. The average molecular weight is 263 g/mol. The zero-order chi connectivity index (χ0) is 13.2. The summed E-state index contributed by atoms with van der Waals surface area (Å²) in [6.07, 6.45) is -2.12. The molecule has 1 aliphatic rings. The van der Waals surface area contributed by atoms with Gasteiger partial charge in [0.25, 0.3) is 0 Å². The van der Waals surface area contributed by atoms with Crippen LogP contribution < -0.4 is 4.90 Å². The molecule has 0 amide bonds. The maximum Gasteiger partial charge on any atom is 0.433 e. The molecule has 0 bridgehead atoms. The highest BCUT2D eigenvalue weighted by Crippen LogP contribution is 2.29. The van der Waals surface area contributed by atoms with Crippen molar-refractivity contribution >= 4 is 5.95 Å². The monoisotopic (exact) mass is 263 g/mol. The van der Waals surface area contributed by atoms with E-state index in [0.29, 0.717) is 25.9 Å². The molecule has 0 atom stereocenters. The fraction of sp³-hybridized carbons (Fsp3) is 0.636. The standard InChI is InChI=1S/C11H13F4N3/c12-7-8-2-5-18(6-3-8)10-16-4-1-9(17-10)11(13,14)15/h1,4,8H,2-3,5-7H2. The fourth-order valence-electron chi connectivity index (χ4n) is 1.95. The van der Waals surface area contributed by atoms with E-state index in [-0.39, 0.29) is 18.5 Å². The lowest BCUT2D eigenvalue weighted by atomic mass is 9.99. The summed E-state index contributed by atoms with van der Waals surface area (Å²) in [6.45, 7) is 0.614. The fourth-order valence-corrected chi connectivity index (χ4v) is 1.95. The molecule has 0 aromatic carbocycles. The third-order valence-corrected chi connectivity index (χ3v) is 3.05. The van der Waals surface area contributed by atoms with E-state index in [1.165, 1.54) is 0 Å². The summed E-state index contributed by atoms with van der Waals surface area (Å²) in [4.78, 5) is 9.03. The molecule has 2 rings (SSSR count). The first-order chi connectivity index (χ1) is 8.50. The summed E-state index contributed by atoms with van der Waals surface area (Å²) in [7, 11) is 0. The van der Waals surface area contributed by atoms with Gasteiger partial charge in [0.05, 0.1) is 6.67 Å². The first-order valence-corrected chi connectivity index (χ1v) is 5.72. The topological polar surface area (TPSA) is 29.0 Å². The largest absolute Gasteiger partial charge is 0.433 e. The number of alkyl halides is 4. The van der Waals surface area contributed by atoms with Crippen LogP contribution in [0.1, 0.15) is 18.5 Å². The lowest BCUT2D eigenvalue weighted by molar-refractivity contribution is -0.141. The molecule has 0 N–H and O–H groups in total.